The lowest BCUT2D eigenvalue weighted by atomic mass is 9.86. The van der Waals surface area contributed by atoms with Gasteiger partial charge in [-0.1, -0.05) is 18.6 Å². The molecule has 1 N–H and O–H groups in total. The fraction of sp³-hybridized carbons (Fsp3) is 0.533. The van der Waals surface area contributed by atoms with Gasteiger partial charge in [-0.3, -0.25) is 4.79 Å². The third kappa shape index (κ3) is 3.26. The highest BCUT2D eigenvalue weighted by Crippen LogP contribution is 2.28. The van der Waals surface area contributed by atoms with Gasteiger partial charge >= 0.3 is 5.97 Å². The topological polar surface area (TPSA) is 47.6 Å². The van der Waals surface area contributed by atoms with Crippen molar-refractivity contribution in [3.05, 3.63) is 29.8 Å². The number of hydrogen-bond acceptors (Lipinski definition) is 4. The summed E-state index contributed by atoms with van der Waals surface area (Å²) in [5.41, 5.74) is 0.979. The Bertz CT molecular complexity index is 410. The van der Waals surface area contributed by atoms with Gasteiger partial charge < -0.3 is 14.8 Å². The van der Waals surface area contributed by atoms with E-state index < -0.39 is 0 Å². The summed E-state index contributed by atoms with van der Waals surface area (Å²) < 4.78 is 10.1. The van der Waals surface area contributed by atoms with E-state index in [2.05, 4.69) is 5.32 Å². The number of rotatable bonds is 4. The lowest BCUT2D eigenvalue weighted by molar-refractivity contribution is -0.143. The zero-order valence-corrected chi connectivity index (χ0v) is 11.5. The quantitative estimate of drug-likeness (QED) is 0.845. The van der Waals surface area contributed by atoms with Crippen molar-refractivity contribution in [3.8, 4) is 5.75 Å². The van der Waals surface area contributed by atoms with Crippen molar-refractivity contribution in [2.75, 3.05) is 20.8 Å². The van der Waals surface area contributed by atoms with Gasteiger partial charge in [0.25, 0.3) is 0 Å². The van der Waals surface area contributed by atoms with Gasteiger partial charge in [0.15, 0.2) is 0 Å². The number of nitrogens with one attached hydrogen (secondary N) is 1. The summed E-state index contributed by atoms with van der Waals surface area (Å²) in [6, 6.07) is 7.81. The van der Waals surface area contributed by atoms with Crippen LogP contribution in [-0.4, -0.2) is 32.8 Å². The predicted molar refractivity (Wildman–Crippen MR) is 73.4 cm³/mol. The SMILES string of the molecule is COC(=O)[C@@H](c1ccc(OC)cc1)[C@H]1CCCCN1. The standard InChI is InChI=1S/C15H21NO3/c1-18-12-8-6-11(7-9-12)14(15(17)19-2)13-5-3-4-10-16-13/h6-9,13-14,16H,3-5,10H2,1-2H3/t13-,14+/m1/s1. The van der Waals surface area contributed by atoms with Crippen LogP contribution in [-0.2, 0) is 9.53 Å². The molecule has 0 aromatic heterocycles. The molecule has 0 unspecified atom stereocenters. The maximum Gasteiger partial charge on any atom is 0.314 e. The second-order valence-electron chi connectivity index (χ2n) is 4.83. The minimum absolute atomic E-state index is 0.162. The Morgan fingerprint density at radius 1 is 1.26 bits per heavy atom. The first kappa shape index (κ1) is 13.9. The molecule has 4 heteroatoms. The van der Waals surface area contributed by atoms with Gasteiger partial charge in [0.1, 0.15) is 5.75 Å². The molecule has 1 heterocycles. The molecule has 0 amide bonds. The van der Waals surface area contributed by atoms with Crippen LogP contribution in [0.15, 0.2) is 24.3 Å². The molecular weight excluding hydrogens is 242 g/mol. The summed E-state index contributed by atoms with van der Waals surface area (Å²) in [5, 5.41) is 3.43. The summed E-state index contributed by atoms with van der Waals surface area (Å²) in [5.74, 6) is 0.379. The fourth-order valence-electron chi connectivity index (χ4n) is 2.63. The van der Waals surface area contributed by atoms with Gasteiger partial charge in [0.05, 0.1) is 20.1 Å². The lowest BCUT2D eigenvalue weighted by Gasteiger charge is -2.30. The average Bonchev–Trinajstić information content (AvgIpc) is 2.49. The third-order valence-corrected chi connectivity index (χ3v) is 3.68. The molecule has 0 saturated carbocycles. The van der Waals surface area contributed by atoms with E-state index in [1.165, 1.54) is 13.5 Å². The maximum absolute atomic E-state index is 12.1. The van der Waals surface area contributed by atoms with Gasteiger partial charge in [0, 0.05) is 6.04 Å². The molecule has 1 saturated heterocycles. The van der Waals surface area contributed by atoms with Crippen LogP contribution in [0.1, 0.15) is 30.7 Å². The second-order valence-corrected chi connectivity index (χ2v) is 4.83. The molecule has 0 spiro atoms. The smallest absolute Gasteiger partial charge is 0.314 e. The monoisotopic (exact) mass is 263 g/mol. The molecule has 2 atom stereocenters. The Morgan fingerprint density at radius 3 is 2.53 bits per heavy atom. The molecule has 4 nitrogen and oxygen atoms in total. The van der Waals surface area contributed by atoms with E-state index in [0.717, 1.165) is 30.7 Å². The Labute approximate surface area is 114 Å². The maximum atomic E-state index is 12.1. The normalized spacial score (nSPS) is 20.6. The molecule has 0 bridgehead atoms. The number of ether oxygens (including phenoxy) is 2. The highest BCUT2D eigenvalue weighted by Gasteiger charge is 2.31. The van der Waals surface area contributed by atoms with Crippen molar-refractivity contribution in [2.24, 2.45) is 0 Å². The molecule has 0 aliphatic carbocycles. The molecule has 2 rings (SSSR count). The first-order chi connectivity index (χ1) is 9.26. The fourth-order valence-corrected chi connectivity index (χ4v) is 2.63. The van der Waals surface area contributed by atoms with Crippen LogP contribution in [0, 0.1) is 0 Å². The number of esters is 1. The largest absolute Gasteiger partial charge is 0.497 e. The minimum atomic E-state index is -0.240. The lowest BCUT2D eigenvalue weighted by Crippen LogP contribution is -2.42. The van der Waals surface area contributed by atoms with E-state index in [-0.39, 0.29) is 17.9 Å². The van der Waals surface area contributed by atoms with Crippen LogP contribution in [0.2, 0.25) is 0 Å². The summed E-state index contributed by atoms with van der Waals surface area (Å²) in [4.78, 5) is 12.1. The van der Waals surface area contributed by atoms with E-state index >= 15 is 0 Å². The first-order valence-corrected chi connectivity index (χ1v) is 6.71. The summed E-state index contributed by atoms with van der Waals surface area (Å²) >= 11 is 0. The zero-order valence-electron chi connectivity index (χ0n) is 11.5. The second kappa shape index (κ2) is 6.57. The molecule has 1 fully saturated rings. The average molecular weight is 263 g/mol. The van der Waals surface area contributed by atoms with Crippen molar-refractivity contribution in [1.29, 1.82) is 0 Å². The molecule has 1 aromatic carbocycles. The van der Waals surface area contributed by atoms with Crippen molar-refractivity contribution in [1.82, 2.24) is 5.32 Å². The van der Waals surface area contributed by atoms with E-state index in [0.29, 0.717) is 0 Å². The van der Waals surface area contributed by atoms with Crippen molar-refractivity contribution in [2.45, 2.75) is 31.2 Å². The number of methoxy groups -OCH3 is 2. The molecule has 0 radical (unpaired) electrons. The van der Waals surface area contributed by atoms with Crippen molar-refractivity contribution >= 4 is 5.97 Å². The summed E-state index contributed by atoms with van der Waals surface area (Å²) in [6.45, 7) is 0.967. The Hall–Kier alpha value is -1.55. The minimum Gasteiger partial charge on any atom is -0.497 e. The summed E-state index contributed by atoms with van der Waals surface area (Å²) in [6.07, 6.45) is 3.33. The highest BCUT2D eigenvalue weighted by atomic mass is 16.5. The number of carbonyl (C=O) groups is 1. The van der Waals surface area contributed by atoms with Gasteiger partial charge in [-0.2, -0.15) is 0 Å². The van der Waals surface area contributed by atoms with Crippen molar-refractivity contribution < 1.29 is 14.3 Å². The summed E-state index contributed by atoms with van der Waals surface area (Å²) in [7, 11) is 3.08. The number of benzene rings is 1. The predicted octanol–water partition coefficient (Wildman–Crippen LogP) is 2.09. The van der Waals surface area contributed by atoms with E-state index in [9.17, 15) is 4.79 Å². The molecule has 19 heavy (non-hydrogen) atoms. The molecular formula is C15H21NO3. The van der Waals surface area contributed by atoms with Gasteiger partial charge in [0.2, 0.25) is 0 Å². The van der Waals surface area contributed by atoms with Crippen molar-refractivity contribution in [3.63, 3.8) is 0 Å². The zero-order chi connectivity index (χ0) is 13.7. The van der Waals surface area contributed by atoms with Crippen LogP contribution in [0.5, 0.6) is 5.75 Å². The molecule has 104 valence electrons. The van der Waals surface area contributed by atoms with Crippen LogP contribution in [0.25, 0.3) is 0 Å². The van der Waals surface area contributed by atoms with Crippen LogP contribution >= 0.6 is 0 Å². The Kier molecular flexibility index (Phi) is 4.80. The van der Waals surface area contributed by atoms with Crippen LogP contribution in [0.3, 0.4) is 0 Å². The van der Waals surface area contributed by atoms with Crippen LogP contribution < -0.4 is 10.1 Å². The number of carbonyl (C=O) groups excluding carboxylic acids is 1. The van der Waals surface area contributed by atoms with Crippen LogP contribution in [0.4, 0.5) is 0 Å². The van der Waals surface area contributed by atoms with Gasteiger partial charge in [-0.25, -0.2) is 0 Å². The molecule has 1 aromatic rings. The van der Waals surface area contributed by atoms with Gasteiger partial charge in [-0.15, -0.1) is 0 Å². The van der Waals surface area contributed by atoms with E-state index in [1.807, 2.05) is 24.3 Å². The number of hydrogen-bond donors (Lipinski definition) is 1. The number of piperidine rings is 1. The Morgan fingerprint density at radius 2 is 2.00 bits per heavy atom. The van der Waals surface area contributed by atoms with E-state index in [4.69, 9.17) is 9.47 Å². The Balaban J connectivity index is 2.22. The van der Waals surface area contributed by atoms with Gasteiger partial charge in [-0.05, 0) is 37.1 Å². The first-order valence-electron chi connectivity index (χ1n) is 6.71. The molecule has 1 aliphatic heterocycles. The third-order valence-electron chi connectivity index (χ3n) is 3.68. The molecule has 1 aliphatic rings. The van der Waals surface area contributed by atoms with E-state index in [1.54, 1.807) is 7.11 Å². The highest BCUT2D eigenvalue weighted by molar-refractivity contribution is 5.79.